The first-order valence-corrected chi connectivity index (χ1v) is 21.2. The Labute approximate surface area is 203 Å². The number of allylic oxidation sites excluding steroid dienone is 2. The van der Waals surface area contributed by atoms with E-state index in [1.165, 1.54) is 18.2 Å². The van der Waals surface area contributed by atoms with E-state index >= 15 is 0 Å². The van der Waals surface area contributed by atoms with Gasteiger partial charge < -0.3 is 17.9 Å². The highest BCUT2D eigenvalue weighted by atomic mass is 32.2. The summed E-state index contributed by atoms with van der Waals surface area (Å²) < 4.78 is 43.2. The van der Waals surface area contributed by atoms with Gasteiger partial charge in [-0.2, -0.15) is 0 Å². The number of esters is 1. The number of hydrogen-bond acceptors (Lipinski definition) is 7. The van der Waals surface area contributed by atoms with E-state index in [1.54, 1.807) is 30.5 Å². The molecule has 0 saturated carbocycles. The molecule has 0 saturated heterocycles. The molecule has 33 heavy (non-hydrogen) atoms. The molecule has 0 aliphatic carbocycles. The third-order valence-electron chi connectivity index (χ3n) is 4.47. The van der Waals surface area contributed by atoms with Gasteiger partial charge in [-0.1, -0.05) is 18.2 Å². The number of ether oxygens (including phenoxy) is 1. The van der Waals surface area contributed by atoms with Crippen molar-refractivity contribution < 1.29 is 26.2 Å². The standard InChI is InChI=1S/C22H39NO6SSi3/c1-23(18-13-19-33(8,28-31(3)4)29-32(5,6)7)17-12-16-21(22(24)27-2)30(25,26)20-14-10-9-11-15-20/h9-12,14-17,31H,13,18-19H2,1-8H3. The summed E-state index contributed by atoms with van der Waals surface area (Å²) in [6, 6.07) is 8.74. The highest BCUT2D eigenvalue weighted by molar-refractivity contribution is 7.96. The number of benzene rings is 1. The van der Waals surface area contributed by atoms with Gasteiger partial charge in [0.05, 0.1) is 12.0 Å². The molecule has 1 atom stereocenters. The maximum atomic E-state index is 12.9. The molecule has 0 aliphatic heterocycles. The number of hydrogen-bond donors (Lipinski definition) is 0. The van der Waals surface area contributed by atoms with Crippen LogP contribution in [0.3, 0.4) is 0 Å². The zero-order valence-electron chi connectivity index (χ0n) is 21.1. The van der Waals surface area contributed by atoms with E-state index in [4.69, 9.17) is 13.0 Å². The Kier molecular flexibility index (Phi) is 11.5. The molecule has 7 nitrogen and oxygen atoms in total. The van der Waals surface area contributed by atoms with Crippen molar-refractivity contribution in [2.45, 2.75) is 56.6 Å². The first-order chi connectivity index (χ1) is 15.2. The molecule has 186 valence electrons. The van der Waals surface area contributed by atoms with E-state index in [2.05, 4.69) is 39.3 Å². The maximum absolute atomic E-state index is 12.9. The second-order valence-electron chi connectivity index (χ2n) is 9.28. The van der Waals surface area contributed by atoms with Crippen LogP contribution in [0.25, 0.3) is 0 Å². The summed E-state index contributed by atoms with van der Waals surface area (Å²) in [5, 5.41) is 0. The van der Waals surface area contributed by atoms with Gasteiger partial charge in [0, 0.05) is 13.6 Å². The van der Waals surface area contributed by atoms with Crippen LogP contribution >= 0.6 is 0 Å². The smallest absolute Gasteiger partial charge is 0.349 e. The average Bonchev–Trinajstić information content (AvgIpc) is 2.69. The molecule has 0 spiro atoms. The summed E-state index contributed by atoms with van der Waals surface area (Å²) in [4.78, 5) is 13.8. The maximum Gasteiger partial charge on any atom is 0.349 e. The van der Waals surface area contributed by atoms with Crippen LogP contribution < -0.4 is 0 Å². The lowest BCUT2D eigenvalue weighted by molar-refractivity contribution is -0.135. The summed E-state index contributed by atoms with van der Waals surface area (Å²) in [5.74, 6) is -0.897. The van der Waals surface area contributed by atoms with E-state index < -0.39 is 46.6 Å². The van der Waals surface area contributed by atoms with E-state index in [0.29, 0.717) is 0 Å². The van der Waals surface area contributed by atoms with Gasteiger partial charge in [-0.25, -0.2) is 13.2 Å². The minimum Gasteiger partial charge on any atom is -0.465 e. The highest BCUT2D eigenvalue weighted by Crippen LogP contribution is 2.23. The van der Waals surface area contributed by atoms with Gasteiger partial charge >= 0.3 is 14.5 Å². The van der Waals surface area contributed by atoms with Gasteiger partial charge in [0.25, 0.3) is 0 Å². The van der Waals surface area contributed by atoms with Crippen molar-refractivity contribution in [2.24, 2.45) is 0 Å². The SMILES string of the molecule is COC(=O)C(=CC=CN(C)CCC[Si](C)(O[SiH](C)C)O[Si](C)(C)C)S(=O)(=O)c1ccccc1. The van der Waals surface area contributed by atoms with Crippen molar-refractivity contribution in [3.05, 3.63) is 53.6 Å². The molecule has 0 aromatic heterocycles. The number of carbonyl (C=O) groups is 1. The van der Waals surface area contributed by atoms with Gasteiger partial charge in [-0.15, -0.1) is 0 Å². The van der Waals surface area contributed by atoms with Crippen LogP contribution in [0, 0.1) is 0 Å². The number of sulfone groups is 1. The van der Waals surface area contributed by atoms with Crippen LogP contribution in [-0.4, -0.2) is 65.9 Å². The molecule has 0 heterocycles. The largest absolute Gasteiger partial charge is 0.465 e. The fourth-order valence-corrected chi connectivity index (χ4v) is 16.2. The summed E-state index contributed by atoms with van der Waals surface area (Å²) in [6.07, 6.45) is 5.48. The lowest BCUT2D eigenvalue weighted by Gasteiger charge is -2.35. The second kappa shape index (κ2) is 12.8. The predicted molar refractivity (Wildman–Crippen MR) is 141 cm³/mol. The Morgan fingerprint density at radius 1 is 1.12 bits per heavy atom. The molecule has 1 aromatic rings. The molecule has 0 aliphatic rings. The molecule has 0 amide bonds. The summed E-state index contributed by atoms with van der Waals surface area (Å²) in [5.41, 5.74) is 0. The predicted octanol–water partition coefficient (Wildman–Crippen LogP) is 4.28. The lowest BCUT2D eigenvalue weighted by Crippen LogP contribution is -2.49. The number of nitrogens with zero attached hydrogens (tertiary/aromatic N) is 1. The highest BCUT2D eigenvalue weighted by Gasteiger charge is 2.36. The minimum absolute atomic E-state index is 0.0451. The topological polar surface area (TPSA) is 82.1 Å². The molecular weight excluding hydrogens is 491 g/mol. The second-order valence-corrected chi connectivity index (χ2v) is 22.0. The summed E-state index contributed by atoms with van der Waals surface area (Å²) in [7, 11) is -6.06. The van der Waals surface area contributed by atoms with Crippen LogP contribution in [0.15, 0.2) is 58.5 Å². The zero-order chi connectivity index (χ0) is 25.3. The molecule has 0 bridgehead atoms. The van der Waals surface area contributed by atoms with Crippen LogP contribution in [0.2, 0.25) is 45.3 Å². The summed E-state index contributed by atoms with van der Waals surface area (Å²) in [6.45, 7) is 13.8. The summed E-state index contributed by atoms with van der Waals surface area (Å²) >= 11 is 0. The lowest BCUT2D eigenvalue weighted by atomic mass is 10.4. The Bertz CT molecular complexity index is 929. The van der Waals surface area contributed by atoms with Gasteiger partial charge in [0.15, 0.2) is 22.3 Å². The van der Waals surface area contributed by atoms with Gasteiger partial charge in [-0.05, 0) is 82.2 Å². The van der Waals surface area contributed by atoms with Crippen molar-refractivity contribution in [3.63, 3.8) is 0 Å². The van der Waals surface area contributed by atoms with Crippen molar-refractivity contribution in [3.8, 4) is 0 Å². The van der Waals surface area contributed by atoms with E-state index in [0.717, 1.165) is 26.1 Å². The van der Waals surface area contributed by atoms with Gasteiger partial charge in [-0.3, -0.25) is 0 Å². The zero-order valence-corrected chi connectivity index (χ0v) is 25.1. The fraction of sp³-hybridized carbons (Fsp3) is 0.500. The minimum atomic E-state index is -3.98. The Balaban J connectivity index is 2.87. The van der Waals surface area contributed by atoms with Crippen LogP contribution in [0.1, 0.15) is 6.42 Å². The number of rotatable bonds is 13. The van der Waals surface area contributed by atoms with Crippen molar-refractivity contribution >= 4 is 41.7 Å². The molecule has 0 N–H and O–H groups in total. The Morgan fingerprint density at radius 2 is 1.73 bits per heavy atom. The Morgan fingerprint density at radius 3 is 2.24 bits per heavy atom. The molecule has 1 unspecified atom stereocenters. The molecule has 1 aromatic carbocycles. The first kappa shape index (κ1) is 29.5. The molecular formula is C22H39NO6SSi3. The third-order valence-corrected chi connectivity index (χ3v) is 15.6. The van der Waals surface area contributed by atoms with Crippen molar-refractivity contribution in [1.82, 2.24) is 4.90 Å². The van der Waals surface area contributed by atoms with Crippen LogP contribution in [0.4, 0.5) is 0 Å². The van der Waals surface area contributed by atoms with Crippen molar-refractivity contribution in [1.29, 1.82) is 0 Å². The average molecular weight is 530 g/mol. The van der Waals surface area contributed by atoms with Gasteiger partial charge in [0.2, 0.25) is 9.84 Å². The normalized spacial score (nSPS) is 15.0. The van der Waals surface area contributed by atoms with E-state index in [9.17, 15) is 13.2 Å². The quantitative estimate of drug-likeness (QED) is 0.163. The van der Waals surface area contributed by atoms with Crippen LogP contribution in [-0.2, 0) is 27.6 Å². The molecule has 1 rings (SSSR count). The fourth-order valence-electron chi connectivity index (χ4n) is 3.38. The first-order valence-electron chi connectivity index (χ1n) is 11.1. The number of carbonyl (C=O) groups excluding carboxylic acids is 1. The number of methoxy groups -OCH3 is 1. The van der Waals surface area contributed by atoms with Gasteiger partial charge in [0.1, 0.15) is 0 Å². The Hall–Kier alpha value is -1.51. The molecule has 11 heteroatoms. The third kappa shape index (κ3) is 10.5. The molecule has 0 fully saturated rings. The van der Waals surface area contributed by atoms with E-state index in [1.807, 2.05) is 11.9 Å². The monoisotopic (exact) mass is 529 g/mol. The van der Waals surface area contributed by atoms with E-state index in [-0.39, 0.29) is 4.90 Å². The van der Waals surface area contributed by atoms with Crippen LogP contribution in [0.5, 0.6) is 0 Å². The molecule has 0 radical (unpaired) electrons. The van der Waals surface area contributed by atoms with Crippen molar-refractivity contribution in [2.75, 3.05) is 20.7 Å².